The summed E-state index contributed by atoms with van der Waals surface area (Å²) in [6, 6.07) is 8.53. The summed E-state index contributed by atoms with van der Waals surface area (Å²) in [6.45, 7) is 3.87. The van der Waals surface area contributed by atoms with Gasteiger partial charge in [0.2, 0.25) is 0 Å². The van der Waals surface area contributed by atoms with Crippen molar-refractivity contribution in [2.24, 2.45) is 0 Å². The highest BCUT2D eigenvalue weighted by atomic mass is 35.5. The molecular formula is C18H13ClN4O2S2. The van der Waals surface area contributed by atoms with Crippen LogP contribution < -0.4 is 0 Å². The lowest BCUT2D eigenvalue weighted by atomic mass is 10.2. The number of aromatic nitrogens is 3. The Morgan fingerprint density at radius 3 is 2.81 bits per heavy atom. The second kappa shape index (κ2) is 6.95. The van der Waals surface area contributed by atoms with Gasteiger partial charge in [0, 0.05) is 28.6 Å². The molecule has 4 aromatic rings. The maximum absolute atomic E-state index is 11.0. The molecule has 0 saturated heterocycles. The summed E-state index contributed by atoms with van der Waals surface area (Å²) in [6.07, 6.45) is 1.82. The lowest BCUT2D eigenvalue weighted by molar-refractivity contribution is -0.385. The second-order valence-electron chi connectivity index (χ2n) is 5.93. The molecule has 0 bridgehead atoms. The number of hydrogen-bond acceptors (Lipinski definition) is 6. The highest BCUT2D eigenvalue weighted by molar-refractivity contribution is 8.01. The largest absolute Gasteiger partial charge is 0.296 e. The van der Waals surface area contributed by atoms with Gasteiger partial charge >= 0.3 is 0 Å². The van der Waals surface area contributed by atoms with Gasteiger partial charge < -0.3 is 0 Å². The number of nitro benzene ring substituents is 1. The predicted molar refractivity (Wildman–Crippen MR) is 108 cm³/mol. The van der Waals surface area contributed by atoms with Gasteiger partial charge in [-0.05, 0) is 31.5 Å². The van der Waals surface area contributed by atoms with Crippen LogP contribution in [0.3, 0.4) is 0 Å². The molecule has 0 amide bonds. The molecule has 0 N–H and O–H groups in total. The van der Waals surface area contributed by atoms with E-state index in [1.807, 2.05) is 35.9 Å². The van der Waals surface area contributed by atoms with E-state index in [1.165, 1.54) is 29.2 Å². The van der Waals surface area contributed by atoms with Crippen LogP contribution in [0, 0.1) is 24.0 Å². The first-order chi connectivity index (χ1) is 12.9. The first kappa shape index (κ1) is 18.0. The number of hydrogen-bond donors (Lipinski definition) is 0. The van der Waals surface area contributed by atoms with E-state index in [2.05, 4.69) is 4.98 Å². The van der Waals surface area contributed by atoms with Crippen molar-refractivity contribution in [2.75, 3.05) is 0 Å². The minimum absolute atomic E-state index is 0.0761. The lowest BCUT2D eigenvalue weighted by Crippen LogP contribution is -1.90. The van der Waals surface area contributed by atoms with Gasteiger partial charge in [-0.2, -0.15) is 0 Å². The number of imidazole rings is 1. The normalized spacial score (nSPS) is 11.2. The number of thiazole rings is 1. The quantitative estimate of drug-likeness (QED) is 0.311. The summed E-state index contributed by atoms with van der Waals surface area (Å²) in [5.74, 6) is 0. The van der Waals surface area contributed by atoms with Crippen molar-refractivity contribution in [1.82, 2.24) is 14.4 Å². The van der Waals surface area contributed by atoms with Crippen molar-refractivity contribution in [3.8, 4) is 11.4 Å². The number of rotatable bonds is 4. The van der Waals surface area contributed by atoms with E-state index < -0.39 is 0 Å². The summed E-state index contributed by atoms with van der Waals surface area (Å²) < 4.78 is 2.74. The Morgan fingerprint density at radius 1 is 1.22 bits per heavy atom. The number of halogens is 1. The van der Waals surface area contributed by atoms with E-state index in [0.29, 0.717) is 5.02 Å². The van der Waals surface area contributed by atoms with Crippen molar-refractivity contribution in [3.05, 3.63) is 68.3 Å². The van der Waals surface area contributed by atoms with Gasteiger partial charge in [0.05, 0.1) is 21.3 Å². The molecule has 0 unspecified atom stereocenters. The molecule has 0 spiro atoms. The Balaban J connectivity index is 1.71. The van der Waals surface area contributed by atoms with Gasteiger partial charge in [0.25, 0.3) is 5.69 Å². The van der Waals surface area contributed by atoms with Crippen molar-refractivity contribution in [1.29, 1.82) is 0 Å². The van der Waals surface area contributed by atoms with Gasteiger partial charge in [-0.3, -0.25) is 14.5 Å². The third-order valence-corrected chi connectivity index (χ3v) is 6.38. The molecule has 0 aliphatic carbocycles. The Morgan fingerprint density at radius 2 is 2.04 bits per heavy atom. The molecule has 6 nitrogen and oxygen atoms in total. The van der Waals surface area contributed by atoms with Gasteiger partial charge in [-0.1, -0.05) is 29.4 Å². The fourth-order valence-electron chi connectivity index (χ4n) is 2.76. The Hall–Kier alpha value is -2.42. The van der Waals surface area contributed by atoms with Crippen LogP contribution in [0.2, 0.25) is 5.02 Å². The molecule has 0 atom stereocenters. The van der Waals surface area contributed by atoms with Gasteiger partial charge in [-0.25, -0.2) is 9.97 Å². The average Bonchev–Trinajstić information content (AvgIpc) is 3.19. The molecular weight excluding hydrogens is 404 g/mol. The molecule has 136 valence electrons. The van der Waals surface area contributed by atoms with E-state index >= 15 is 0 Å². The number of pyridine rings is 1. The second-order valence-corrected chi connectivity index (χ2v) is 8.51. The monoisotopic (exact) mass is 416 g/mol. The van der Waals surface area contributed by atoms with E-state index in [0.717, 1.165) is 37.5 Å². The zero-order chi connectivity index (χ0) is 19.1. The lowest BCUT2D eigenvalue weighted by Gasteiger charge is -2.03. The topological polar surface area (TPSA) is 73.3 Å². The van der Waals surface area contributed by atoms with Crippen LogP contribution in [-0.4, -0.2) is 19.3 Å². The van der Waals surface area contributed by atoms with Crippen LogP contribution in [0.25, 0.3) is 17.0 Å². The fourth-order valence-corrected chi connectivity index (χ4v) is 4.80. The van der Waals surface area contributed by atoms with E-state index in [-0.39, 0.29) is 10.6 Å². The minimum atomic E-state index is -0.387. The van der Waals surface area contributed by atoms with Crippen LogP contribution in [0.15, 0.2) is 51.1 Å². The minimum Gasteiger partial charge on any atom is -0.296 e. The molecule has 0 aliphatic heterocycles. The maximum Gasteiger partial charge on any atom is 0.270 e. The molecule has 3 heterocycles. The van der Waals surface area contributed by atoms with E-state index in [9.17, 15) is 10.1 Å². The summed E-state index contributed by atoms with van der Waals surface area (Å²) in [4.78, 5) is 20.7. The first-order valence-electron chi connectivity index (χ1n) is 7.95. The number of benzene rings is 1. The maximum atomic E-state index is 11.0. The van der Waals surface area contributed by atoms with Crippen molar-refractivity contribution in [3.63, 3.8) is 0 Å². The van der Waals surface area contributed by atoms with E-state index in [4.69, 9.17) is 16.6 Å². The summed E-state index contributed by atoms with van der Waals surface area (Å²) in [5.41, 5.74) is 4.42. The van der Waals surface area contributed by atoms with Crippen LogP contribution in [-0.2, 0) is 0 Å². The number of nitrogens with zero attached hydrogens (tertiary/aromatic N) is 4. The Kier molecular flexibility index (Phi) is 4.63. The molecule has 27 heavy (non-hydrogen) atoms. The summed E-state index contributed by atoms with van der Waals surface area (Å²) in [7, 11) is 0. The zero-order valence-electron chi connectivity index (χ0n) is 14.3. The molecule has 3 aromatic heterocycles. The smallest absolute Gasteiger partial charge is 0.270 e. The molecule has 0 fully saturated rings. The number of fused-ring (bicyclic) bond motifs is 1. The van der Waals surface area contributed by atoms with Gasteiger partial charge in [0.1, 0.15) is 11.3 Å². The SMILES string of the molecule is Cc1ccc([N+](=O)[O-])cc1Sc1nc(-c2c(C)nc3ccc(Cl)cn23)cs1. The van der Waals surface area contributed by atoms with Crippen LogP contribution in [0.4, 0.5) is 5.69 Å². The summed E-state index contributed by atoms with van der Waals surface area (Å²) >= 11 is 9.05. The van der Waals surface area contributed by atoms with E-state index in [1.54, 1.807) is 18.2 Å². The Bertz CT molecular complexity index is 1190. The van der Waals surface area contributed by atoms with Gasteiger partial charge in [-0.15, -0.1) is 11.3 Å². The van der Waals surface area contributed by atoms with Crippen LogP contribution in [0.5, 0.6) is 0 Å². The highest BCUT2D eigenvalue weighted by Crippen LogP contribution is 2.37. The molecule has 1 aromatic carbocycles. The first-order valence-corrected chi connectivity index (χ1v) is 10.0. The number of nitro groups is 1. The standard InChI is InChI=1S/C18H13ClN4O2S2/c1-10-3-5-13(23(24)25)7-15(10)27-18-21-14(9-26-18)17-11(2)20-16-6-4-12(19)8-22(16)17/h3-9H,1-2H3. The molecule has 9 heteroatoms. The van der Waals surface area contributed by atoms with Crippen molar-refractivity contribution >= 4 is 46.0 Å². The Labute approximate surface area is 168 Å². The molecule has 0 aliphatic rings. The summed E-state index contributed by atoms with van der Waals surface area (Å²) in [5, 5.41) is 13.6. The predicted octanol–water partition coefficient (Wildman–Crippen LogP) is 5.79. The third-order valence-electron chi connectivity index (χ3n) is 4.06. The average molecular weight is 417 g/mol. The number of aryl methyl sites for hydroxylation is 2. The highest BCUT2D eigenvalue weighted by Gasteiger charge is 2.16. The van der Waals surface area contributed by atoms with Crippen molar-refractivity contribution < 1.29 is 4.92 Å². The van der Waals surface area contributed by atoms with Crippen LogP contribution in [0.1, 0.15) is 11.3 Å². The molecule has 0 saturated carbocycles. The molecule has 0 radical (unpaired) electrons. The zero-order valence-corrected chi connectivity index (χ0v) is 16.7. The van der Waals surface area contributed by atoms with Gasteiger partial charge in [0.15, 0.2) is 4.34 Å². The fraction of sp³-hybridized carbons (Fsp3) is 0.111. The molecule has 4 rings (SSSR count). The van der Waals surface area contributed by atoms with Crippen molar-refractivity contribution in [2.45, 2.75) is 23.1 Å². The number of non-ortho nitro benzene ring substituents is 1. The van der Waals surface area contributed by atoms with Crippen LogP contribution >= 0.6 is 34.7 Å². The third kappa shape index (κ3) is 3.43.